The van der Waals surface area contributed by atoms with Crippen molar-refractivity contribution in [3.63, 3.8) is 0 Å². The van der Waals surface area contributed by atoms with Crippen molar-refractivity contribution in [2.75, 3.05) is 13.1 Å². The van der Waals surface area contributed by atoms with E-state index in [9.17, 15) is 0 Å². The number of piperazine rings is 1. The van der Waals surface area contributed by atoms with Crippen molar-refractivity contribution in [1.82, 2.24) is 10.6 Å². The molecule has 1 aromatic carbocycles. The molecule has 0 aromatic heterocycles. The van der Waals surface area contributed by atoms with E-state index in [0.717, 1.165) is 19.0 Å². The molecule has 0 bridgehead atoms. The summed E-state index contributed by atoms with van der Waals surface area (Å²) >= 11 is 0. The largest absolute Gasteiger partial charge is 0.311 e. The van der Waals surface area contributed by atoms with Crippen molar-refractivity contribution in [3.8, 4) is 0 Å². The van der Waals surface area contributed by atoms with Crippen LogP contribution in [-0.4, -0.2) is 19.1 Å². The average Bonchev–Trinajstić information content (AvgIpc) is 2.30. The summed E-state index contributed by atoms with van der Waals surface area (Å²) in [5.74, 6) is 0.731. The fourth-order valence-electron chi connectivity index (χ4n) is 2.56. The molecular weight excluding hydrogens is 208 g/mol. The second-order valence-corrected chi connectivity index (χ2v) is 5.51. The van der Waals surface area contributed by atoms with Crippen LogP contribution < -0.4 is 10.6 Å². The van der Waals surface area contributed by atoms with E-state index in [1.54, 1.807) is 0 Å². The lowest BCUT2D eigenvalue weighted by molar-refractivity contribution is 0.345. The van der Waals surface area contributed by atoms with E-state index in [1.807, 2.05) is 0 Å². The van der Waals surface area contributed by atoms with Crippen molar-refractivity contribution in [1.29, 1.82) is 0 Å². The van der Waals surface area contributed by atoms with Gasteiger partial charge in [-0.25, -0.2) is 0 Å². The zero-order valence-electron chi connectivity index (χ0n) is 11.2. The molecule has 1 aliphatic heterocycles. The van der Waals surface area contributed by atoms with E-state index < -0.39 is 0 Å². The molecule has 2 nitrogen and oxygen atoms in total. The van der Waals surface area contributed by atoms with E-state index in [0.29, 0.717) is 12.1 Å². The van der Waals surface area contributed by atoms with Crippen LogP contribution in [0.3, 0.4) is 0 Å². The molecule has 0 spiro atoms. The Hall–Kier alpha value is -0.860. The van der Waals surface area contributed by atoms with Crippen molar-refractivity contribution in [3.05, 3.63) is 35.4 Å². The number of hydrogen-bond donors (Lipinski definition) is 2. The monoisotopic (exact) mass is 232 g/mol. The Labute approximate surface area is 105 Å². The highest BCUT2D eigenvalue weighted by Crippen LogP contribution is 2.20. The molecule has 1 aliphatic rings. The SMILES string of the molecule is CC(C)Cc1ccc(C2NCCNC2C)cc1. The molecule has 2 unspecified atom stereocenters. The van der Waals surface area contributed by atoms with Gasteiger partial charge in [-0.2, -0.15) is 0 Å². The van der Waals surface area contributed by atoms with Crippen LogP contribution in [0.2, 0.25) is 0 Å². The maximum Gasteiger partial charge on any atom is 0.0473 e. The van der Waals surface area contributed by atoms with E-state index in [2.05, 4.69) is 55.7 Å². The number of benzene rings is 1. The fourth-order valence-corrected chi connectivity index (χ4v) is 2.56. The minimum absolute atomic E-state index is 0.455. The summed E-state index contributed by atoms with van der Waals surface area (Å²) in [6.07, 6.45) is 1.17. The van der Waals surface area contributed by atoms with Gasteiger partial charge in [-0.15, -0.1) is 0 Å². The van der Waals surface area contributed by atoms with Crippen molar-refractivity contribution < 1.29 is 0 Å². The lowest BCUT2D eigenvalue weighted by Gasteiger charge is -2.31. The number of nitrogens with one attached hydrogen (secondary N) is 2. The molecule has 94 valence electrons. The normalized spacial score (nSPS) is 25.2. The van der Waals surface area contributed by atoms with Crippen LogP contribution >= 0.6 is 0 Å². The molecule has 0 amide bonds. The quantitative estimate of drug-likeness (QED) is 0.837. The summed E-state index contributed by atoms with van der Waals surface area (Å²) in [6.45, 7) is 8.91. The molecule has 17 heavy (non-hydrogen) atoms. The maximum atomic E-state index is 3.58. The topological polar surface area (TPSA) is 24.1 Å². The Morgan fingerprint density at radius 1 is 1.12 bits per heavy atom. The standard InChI is InChI=1S/C15H24N2/c1-11(2)10-13-4-6-14(7-5-13)15-12(3)16-8-9-17-15/h4-7,11-12,15-17H,8-10H2,1-3H3. The van der Waals surface area contributed by atoms with E-state index in [4.69, 9.17) is 0 Å². The zero-order chi connectivity index (χ0) is 12.3. The lowest BCUT2D eigenvalue weighted by Crippen LogP contribution is -2.48. The third kappa shape index (κ3) is 3.30. The predicted octanol–water partition coefficient (Wildman–Crippen LogP) is 2.51. The molecule has 1 aromatic rings. The minimum Gasteiger partial charge on any atom is -0.311 e. The number of rotatable bonds is 3. The average molecular weight is 232 g/mol. The molecule has 0 saturated carbocycles. The van der Waals surface area contributed by atoms with Gasteiger partial charge in [-0.3, -0.25) is 0 Å². The van der Waals surface area contributed by atoms with Crippen molar-refractivity contribution in [2.24, 2.45) is 5.92 Å². The Kier molecular flexibility index (Phi) is 4.19. The lowest BCUT2D eigenvalue weighted by atomic mass is 9.95. The zero-order valence-corrected chi connectivity index (χ0v) is 11.2. The Bertz CT molecular complexity index is 342. The van der Waals surface area contributed by atoms with Crippen molar-refractivity contribution >= 4 is 0 Å². The van der Waals surface area contributed by atoms with Gasteiger partial charge in [-0.05, 0) is 30.4 Å². The highest BCUT2D eigenvalue weighted by atomic mass is 15.1. The maximum absolute atomic E-state index is 3.58. The van der Waals surface area contributed by atoms with Gasteiger partial charge in [0.1, 0.15) is 0 Å². The predicted molar refractivity (Wildman–Crippen MR) is 73.2 cm³/mol. The van der Waals surface area contributed by atoms with Gasteiger partial charge in [0.15, 0.2) is 0 Å². The smallest absolute Gasteiger partial charge is 0.0473 e. The second kappa shape index (κ2) is 5.65. The van der Waals surface area contributed by atoms with Crippen LogP contribution in [0.25, 0.3) is 0 Å². The van der Waals surface area contributed by atoms with Crippen LogP contribution in [0.15, 0.2) is 24.3 Å². The Morgan fingerprint density at radius 2 is 1.76 bits per heavy atom. The van der Waals surface area contributed by atoms with E-state index in [1.165, 1.54) is 17.5 Å². The molecule has 2 N–H and O–H groups in total. The summed E-state index contributed by atoms with van der Waals surface area (Å²) in [6, 6.07) is 10.1. The number of hydrogen-bond acceptors (Lipinski definition) is 2. The summed E-state index contributed by atoms with van der Waals surface area (Å²) in [5.41, 5.74) is 2.84. The summed E-state index contributed by atoms with van der Waals surface area (Å²) in [5, 5.41) is 7.10. The van der Waals surface area contributed by atoms with Gasteiger partial charge < -0.3 is 10.6 Å². The van der Waals surface area contributed by atoms with E-state index >= 15 is 0 Å². The van der Waals surface area contributed by atoms with Crippen LogP contribution in [-0.2, 0) is 6.42 Å². The summed E-state index contributed by atoms with van der Waals surface area (Å²) in [4.78, 5) is 0. The first-order chi connectivity index (χ1) is 8.16. The van der Waals surface area contributed by atoms with Gasteiger partial charge >= 0.3 is 0 Å². The van der Waals surface area contributed by atoms with Gasteiger partial charge in [0.2, 0.25) is 0 Å². The molecule has 0 aliphatic carbocycles. The molecule has 0 radical (unpaired) electrons. The molecule has 2 heteroatoms. The molecule has 1 saturated heterocycles. The van der Waals surface area contributed by atoms with Crippen molar-refractivity contribution in [2.45, 2.75) is 39.3 Å². The van der Waals surface area contributed by atoms with Gasteiger partial charge in [0.05, 0.1) is 0 Å². The first-order valence-corrected chi connectivity index (χ1v) is 6.72. The third-order valence-electron chi connectivity index (χ3n) is 3.44. The fraction of sp³-hybridized carbons (Fsp3) is 0.600. The van der Waals surface area contributed by atoms with Crippen LogP contribution in [0, 0.1) is 5.92 Å². The van der Waals surface area contributed by atoms with Crippen LogP contribution in [0.4, 0.5) is 0 Å². The molecule has 1 fully saturated rings. The van der Waals surface area contributed by atoms with Crippen LogP contribution in [0.1, 0.15) is 37.9 Å². The highest BCUT2D eigenvalue weighted by molar-refractivity contribution is 5.26. The summed E-state index contributed by atoms with van der Waals surface area (Å²) in [7, 11) is 0. The minimum atomic E-state index is 0.455. The Balaban J connectivity index is 2.06. The first kappa shape index (κ1) is 12.6. The third-order valence-corrected chi connectivity index (χ3v) is 3.44. The highest BCUT2D eigenvalue weighted by Gasteiger charge is 2.21. The van der Waals surface area contributed by atoms with Gasteiger partial charge in [-0.1, -0.05) is 38.1 Å². The van der Waals surface area contributed by atoms with Gasteiger partial charge in [0.25, 0.3) is 0 Å². The Morgan fingerprint density at radius 3 is 2.35 bits per heavy atom. The second-order valence-electron chi connectivity index (χ2n) is 5.51. The van der Waals surface area contributed by atoms with Gasteiger partial charge in [0, 0.05) is 25.2 Å². The van der Waals surface area contributed by atoms with Crippen LogP contribution in [0.5, 0.6) is 0 Å². The molecular formula is C15H24N2. The van der Waals surface area contributed by atoms with E-state index in [-0.39, 0.29) is 0 Å². The first-order valence-electron chi connectivity index (χ1n) is 6.72. The molecule has 2 atom stereocenters. The molecule has 1 heterocycles. The summed E-state index contributed by atoms with van der Waals surface area (Å²) < 4.78 is 0. The molecule has 2 rings (SSSR count).